The molecule has 27 heavy (non-hydrogen) atoms. The van der Waals surface area contributed by atoms with E-state index in [2.05, 4.69) is 44.8 Å². The first-order valence-electron chi connectivity index (χ1n) is 8.83. The highest BCUT2D eigenvalue weighted by molar-refractivity contribution is 14.0. The lowest BCUT2D eigenvalue weighted by Gasteiger charge is -2.19. The maximum absolute atomic E-state index is 13.9. The summed E-state index contributed by atoms with van der Waals surface area (Å²) < 4.78 is 13.9. The third-order valence-corrected chi connectivity index (χ3v) is 5.49. The van der Waals surface area contributed by atoms with Crippen LogP contribution < -0.4 is 15.5 Å². The Kier molecular flexibility index (Phi) is 8.21. The van der Waals surface area contributed by atoms with Crippen LogP contribution >= 0.6 is 35.3 Å². The van der Waals surface area contributed by atoms with Crippen molar-refractivity contribution in [3.05, 3.63) is 40.2 Å². The topological polar surface area (TPSA) is 65.4 Å². The lowest BCUT2D eigenvalue weighted by atomic mass is 10.2. The smallest absolute Gasteiger partial charge is 0.191 e. The predicted molar refractivity (Wildman–Crippen MR) is 120 cm³/mol. The molecule has 6 nitrogen and oxygen atoms in total. The fourth-order valence-corrected chi connectivity index (χ4v) is 3.75. The molecule has 3 rings (SSSR count). The van der Waals surface area contributed by atoms with Crippen molar-refractivity contribution >= 4 is 47.1 Å². The second-order valence-corrected chi connectivity index (χ2v) is 7.53. The largest absolute Gasteiger partial charge is 0.352 e. The van der Waals surface area contributed by atoms with E-state index in [1.807, 2.05) is 4.90 Å². The van der Waals surface area contributed by atoms with Crippen LogP contribution in [0.25, 0.3) is 0 Å². The van der Waals surface area contributed by atoms with Crippen molar-refractivity contribution in [1.29, 1.82) is 0 Å². The predicted octanol–water partition coefficient (Wildman–Crippen LogP) is 3.36. The Bertz CT molecular complexity index is 766. The average Bonchev–Trinajstić information content (AvgIpc) is 3.28. The summed E-state index contributed by atoms with van der Waals surface area (Å²) in [4.78, 5) is 15.0. The Hall–Kier alpha value is -1.49. The van der Waals surface area contributed by atoms with E-state index < -0.39 is 0 Å². The van der Waals surface area contributed by atoms with Gasteiger partial charge in [-0.15, -0.1) is 35.3 Å². The summed E-state index contributed by atoms with van der Waals surface area (Å²) in [6, 6.07) is 3.26. The first kappa shape index (κ1) is 21.8. The van der Waals surface area contributed by atoms with Gasteiger partial charge in [-0.05, 0) is 18.6 Å². The van der Waals surface area contributed by atoms with Gasteiger partial charge in [0, 0.05) is 43.7 Å². The number of guanidine groups is 1. The lowest BCUT2D eigenvalue weighted by Crippen LogP contribution is -2.44. The van der Waals surface area contributed by atoms with Crippen molar-refractivity contribution < 1.29 is 4.39 Å². The Morgan fingerprint density at radius 3 is 2.96 bits per heavy atom. The molecule has 2 aromatic rings. The zero-order valence-electron chi connectivity index (χ0n) is 15.8. The summed E-state index contributed by atoms with van der Waals surface area (Å²) in [6.45, 7) is 6.39. The van der Waals surface area contributed by atoms with Gasteiger partial charge in [-0.1, -0.05) is 13.8 Å². The zero-order chi connectivity index (χ0) is 18.5. The quantitative estimate of drug-likeness (QED) is 0.372. The van der Waals surface area contributed by atoms with Crippen molar-refractivity contribution in [2.24, 2.45) is 4.99 Å². The van der Waals surface area contributed by atoms with E-state index in [1.165, 1.54) is 6.07 Å². The van der Waals surface area contributed by atoms with Gasteiger partial charge in [-0.25, -0.2) is 14.4 Å². The molecule has 0 bridgehead atoms. The molecule has 2 aromatic heterocycles. The average molecular weight is 504 g/mol. The van der Waals surface area contributed by atoms with Crippen LogP contribution in [0.2, 0.25) is 0 Å². The highest BCUT2D eigenvalue weighted by Crippen LogP contribution is 2.21. The molecule has 3 heterocycles. The number of rotatable bonds is 5. The Morgan fingerprint density at radius 2 is 2.30 bits per heavy atom. The fourth-order valence-electron chi connectivity index (χ4n) is 2.91. The molecule has 0 saturated carbocycles. The van der Waals surface area contributed by atoms with Crippen LogP contribution in [0.3, 0.4) is 0 Å². The lowest BCUT2D eigenvalue weighted by molar-refractivity contribution is 0.612. The van der Waals surface area contributed by atoms with Gasteiger partial charge in [0.05, 0.1) is 17.2 Å². The van der Waals surface area contributed by atoms with E-state index in [-0.39, 0.29) is 35.8 Å². The number of aromatic nitrogens is 2. The molecule has 1 fully saturated rings. The number of thiazole rings is 1. The molecule has 9 heteroatoms. The van der Waals surface area contributed by atoms with Gasteiger partial charge < -0.3 is 15.5 Å². The summed E-state index contributed by atoms with van der Waals surface area (Å²) in [7, 11) is 1.75. The van der Waals surface area contributed by atoms with Gasteiger partial charge in [-0.3, -0.25) is 4.99 Å². The third kappa shape index (κ3) is 5.74. The maximum Gasteiger partial charge on any atom is 0.191 e. The van der Waals surface area contributed by atoms with Crippen LogP contribution in [-0.2, 0) is 6.54 Å². The molecule has 2 N–H and O–H groups in total. The molecule has 1 aliphatic heterocycles. The van der Waals surface area contributed by atoms with Crippen LogP contribution in [0, 0.1) is 5.82 Å². The van der Waals surface area contributed by atoms with Gasteiger partial charge >= 0.3 is 0 Å². The summed E-state index contributed by atoms with van der Waals surface area (Å²) in [5.41, 5.74) is 1.02. The highest BCUT2D eigenvalue weighted by atomic mass is 127. The van der Waals surface area contributed by atoms with Gasteiger partial charge in [0.15, 0.2) is 17.6 Å². The molecule has 1 atom stereocenters. The third-order valence-electron chi connectivity index (χ3n) is 4.29. The van der Waals surface area contributed by atoms with Crippen molar-refractivity contribution in [1.82, 2.24) is 20.6 Å². The molecule has 0 aromatic carbocycles. The Balaban J connectivity index is 0.00000261. The molecule has 0 spiro atoms. The van der Waals surface area contributed by atoms with Gasteiger partial charge in [0.2, 0.25) is 0 Å². The molecule has 1 aliphatic rings. The maximum atomic E-state index is 13.9. The number of halogens is 2. The molecule has 0 aliphatic carbocycles. The molecule has 0 amide bonds. The number of nitrogens with one attached hydrogen (secondary N) is 2. The molecule has 1 unspecified atom stereocenters. The normalized spacial score (nSPS) is 17.1. The Morgan fingerprint density at radius 1 is 1.48 bits per heavy atom. The minimum atomic E-state index is -0.278. The van der Waals surface area contributed by atoms with E-state index in [9.17, 15) is 4.39 Å². The monoisotopic (exact) mass is 504 g/mol. The standard InChI is InChI=1S/C18H25FN6S.HI/c1-12(2)17-23-14(11-26-17)9-22-18(20-3)24-13-6-8-25(10-13)16-15(19)5-4-7-21-16;/h4-5,7,11-13H,6,8-10H2,1-3H3,(H2,20,22,24);1H. The number of hydrogen-bond donors (Lipinski definition) is 2. The number of aliphatic imine (C=N–C) groups is 1. The first-order valence-corrected chi connectivity index (χ1v) is 9.71. The summed E-state index contributed by atoms with van der Waals surface area (Å²) in [6.07, 6.45) is 2.53. The van der Waals surface area contributed by atoms with Crippen LogP contribution in [0.5, 0.6) is 0 Å². The van der Waals surface area contributed by atoms with E-state index in [0.717, 1.165) is 29.6 Å². The van der Waals surface area contributed by atoms with Crippen LogP contribution in [0.1, 0.15) is 36.9 Å². The molecule has 0 radical (unpaired) electrons. The van der Waals surface area contributed by atoms with Crippen LogP contribution in [-0.4, -0.2) is 42.1 Å². The van der Waals surface area contributed by atoms with E-state index in [4.69, 9.17) is 0 Å². The SMILES string of the molecule is CN=C(NCc1csc(C(C)C)n1)NC1CCN(c2ncccc2F)C1.I. The second-order valence-electron chi connectivity index (χ2n) is 6.64. The van der Waals surface area contributed by atoms with Crippen LogP contribution in [0.15, 0.2) is 28.7 Å². The second kappa shape index (κ2) is 10.2. The van der Waals surface area contributed by atoms with Gasteiger partial charge in [-0.2, -0.15) is 0 Å². The molecular formula is C18H26FIN6S. The number of hydrogen-bond acceptors (Lipinski definition) is 5. The van der Waals surface area contributed by atoms with Crippen molar-refractivity contribution in [2.75, 3.05) is 25.0 Å². The number of pyridine rings is 1. The minimum Gasteiger partial charge on any atom is -0.352 e. The van der Waals surface area contributed by atoms with E-state index in [0.29, 0.717) is 24.8 Å². The molecule has 1 saturated heterocycles. The van der Waals surface area contributed by atoms with Crippen molar-refractivity contribution in [3.8, 4) is 0 Å². The van der Waals surface area contributed by atoms with Crippen molar-refractivity contribution in [2.45, 2.75) is 38.8 Å². The van der Waals surface area contributed by atoms with Gasteiger partial charge in [0.25, 0.3) is 0 Å². The summed E-state index contributed by atoms with van der Waals surface area (Å²) >= 11 is 1.69. The Labute approximate surface area is 180 Å². The summed E-state index contributed by atoms with van der Waals surface area (Å²) in [5.74, 6) is 1.32. The van der Waals surface area contributed by atoms with Gasteiger partial charge in [0.1, 0.15) is 0 Å². The molecular weight excluding hydrogens is 478 g/mol. The van der Waals surface area contributed by atoms with Crippen molar-refractivity contribution in [3.63, 3.8) is 0 Å². The fraction of sp³-hybridized carbons (Fsp3) is 0.500. The van der Waals surface area contributed by atoms with E-state index in [1.54, 1.807) is 30.6 Å². The first-order chi connectivity index (χ1) is 12.6. The number of anilines is 1. The summed E-state index contributed by atoms with van der Waals surface area (Å²) in [5, 5.41) is 9.94. The highest BCUT2D eigenvalue weighted by Gasteiger charge is 2.25. The number of nitrogens with zero attached hydrogens (tertiary/aromatic N) is 4. The van der Waals surface area contributed by atoms with E-state index >= 15 is 0 Å². The van der Waals surface area contributed by atoms with Crippen LogP contribution in [0.4, 0.5) is 10.2 Å². The minimum absolute atomic E-state index is 0. The molecule has 148 valence electrons. The zero-order valence-corrected chi connectivity index (χ0v) is 18.9.